The van der Waals surface area contributed by atoms with Gasteiger partial charge in [-0.15, -0.1) is 0 Å². The van der Waals surface area contributed by atoms with Gasteiger partial charge in [0.1, 0.15) is 49.3 Å². The third kappa shape index (κ3) is 4.38. The molecule has 2 aliphatic rings. The van der Waals surface area contributed by atoms with Gasteiger partial charge in [0.15, 0.2) is 6.29 Å². The van der Waals surface area contributed by atoms with E-state index in [1.807, 2.05) is 0 Å². The van der Waals surface area contributed by atoms with Gasteiger partial charge >= 0.3 is 5.97 Å². The molecule has 0 aliphatic carbocycles. The average Bonchev–Trinajstić information content (AvgIpc) is 2.91. The number of rotatable bonds is 7. The number of hydrogen-bond donors (Lipinski definition) is 8. The number of carbonyl (C=O) groups is 1. The summed E-state index contributed by atoms with van der Waals surface area (Å²) in [5.41, 5.74) is 5.13. The van der Waals surface area contributed by atoms with Gasteiger partial charge in [-0.1, -0.05) is 0 Å². The largest absolute Gasteiger partial charge is 0.459 e. The van der Waals surface area contributed by atoms with Crippen LogP contribution in [0.5, 0.6) is 0 Å². The summed E-state index contributed by atoms with van der Waals surface area (Å²) in [7, 11) is 0. The van der Waals surface area contributed by atoms with E-state index in [1.54, 1.807) is 0 Å². The highest BCUT2D eigenvalue weighted by Crippen LogP contribution is 2.36. The molecule has 0 spiro atoms. The van der Waals surface area contributed by atoms with E-state index >= 15 is 0 Å². The molecular formula is C14H25NO12. The van der Waals surface area contributed by atoms with E-state index in [0.29, 0.717) is 0 Å². The standard InChI is InChI=1S/C14H25NO12/c15-1-7(18)24-4-14(12(23)9(20)6(3-17)26-14)27-13-11(22)10(21)8(19)5(2-16)25-13/h5-6,8-13,16-17,19-23H,1-4,15H2/t5-,6-,8-,9-,10+,11-,12+,13-,14+/m1/s1. The van der Waals surface area contributed by atoms with Crippen LogP contribution in [0.2, 0.25) is 0 Å². The molecular weight excluding hydrogens is 374 g/mol. The second-order valence-electron chi connectivity index (χ2n) is 6.27. The summed E-state index contributed by atoms with van der Waals surface area (Å²) < 4.78 is 20.7. The van der Waals surface area contributed by atoms with Crippen LogP contribution < -0.4 is 5.73 Å². The summed E-state index contributed by atoms with van der Waals surface area (Å²) in [6.45, 7) is -2.75. The Bertz CT molecular complexity index is 506. The fourth-order valence-corrected chi connectivity index (χ4v) is 2.86. The summed E-state index contributed by atoms with van der Waals surface area (Å²) in [6.07, 6.45) is -13.1. The topological polar surface area (TPSA) is 222 Å². The summed E-state index contributed by atoms with van der Waals surface area (Å²) in [4.78, 5) is 11.4. The summed E-state index contributed by atoms with van der Waals surface area (Å²) in [5.74, 6) is -3.18. The molecule has 2 heterocycles. The van der Waals surface area contributed by atoms with Crippen LogP contribution in [0.3, 0.4) is 0 Å². The Morgan fingerprint density at radius 1 is 0.963 bits per heavy atom. The van der Waals surface area contributed by atoms with Crippen LogP contribution in [0.25, 0.3) is 0 Å². The second-order valence-corrected chi connectivity index (χ2v) is 6.27. The van der Waals surface area contributed by atoms with E-state index in [-0.39, 0.29) is 0 Å². The highest BCUT2D eigenvalue weighted by atomic mass is 16.8. The van der Waals surface area contributed by atoms with Gasteiger partial charge in [-0.05, 0) is 0 Å². The van der Waals surface area contributed by atoms with Crippen LogP contribution in [-0.4, -0.2) is 123 Å². The van der Waals surface area contributed by atoms with Crippen LogP contribution in [0.4, 0.5) is 0 Å². The van der Waals surface area contributed by atoms with E-state index in [2.05, 4.69) is 0 Å². The van der Waals surface area contributed by atoms with E-state index in [1.165, 1.54) is 0 Å². The molecule has 158 valence electrons. The molecule has 0 bridgehead atoms. The van der Waals surface area contributed by atoms with Gasteiger partial charge in [-0.3, -0.25) is 4.79 Å². The van der Waals surface area contributed by atoms with Crippen molar-refractivity contribution in [1.29, 1.82) is 0 Å². The summed E-state index contributed by atoms with van der Waals surface area (Å²) >= 11 is 0. The second kappa shape index (κ2) is 9.02. The number of aliphatic hydroxyl groups is 7. The lowest BCUT2D eigenvalue weighted by atomic mass is 9.99. The molecule has 2 fully saturated rings. The zero-order valence-corrected chi connectivity index (χ0v) is 14.2. The monoisotopic (exact) mass is 399 g/mol. The van der Waals surface area contributed by atoms with Gasteiger partial charge in [0, 0.05) is 0 Å². The number of aliphatic hydroxyl groups excluding tert-OH is 7. The van der Waals surface area contributed by atoms with E-state index < -0.39 is 87.1 Å². The first-order valence-corrected chi connectivity index (χ1v) is 8.19. The lowest BCUT2D eigenvalue weighted by Gasteiger charge is -2.43. The predicted octanol–water partition coefficient (Wildman–Crippen LogP) is -5.89. The van der Waals surface area contributed by atoms with Crippen LogP contribution >= 0.6 is 0 Å². The minimum atomic E-state index is -2.29. The highest BCUT2D eigenvalue weighted by molar-refractivity contribution is 5.71. The quantitative estimate of drug-likeness (QED) is 0.187. The van der Waals surface area contributed by atoms with Crippen molar-refractivity contribution < 1.29 is 59.5 Å². The Hall–Kier alpha value is -0.970. The van der Waals surface area contributed by atoms with Gasteiger partial charge in [0.2, 0.25) is 5.79 Å². The first-order valence-electron chi connectivity index (χ1n) is 8.19. The zero-order chi connectivity index (χ0) is 20.4. The molecule has 9 N–H and O–H groups in total. The summed E-state index contributed by atoms with van der Waals surface area (Å²) in [5, 5.41) is 68.5. The fraction of sp³-hybridized carbons (Fsp3) is 0.929. The van der Waals surface area contributed by atoms with E-state index in [0.717, 1.165) is 0 Å². The molecule has 0 aromatic rings. The van der Waals surface area contributed by atoms with Gasteiger partial charge in [0.25, 0.3) is 0 Å². The molecule has 13 nitrogen and oxygen atoms in total. The van der Waals surface area contributed by atoms with Gasteiger partial charge in [0.05, 0.1) is 19.8 Å². The van der Waals surface area contributed by atoms with Crippen molar-refractivity contribution in [3.05, 3.63) is 0 Å². The molecule has 0 radical (unpaired) electrons. The van der Waals surface area contributed by atoms with Crippen LogP contribution in [0, 0.1) is 0 Å². The molecule has 0 aromatic heterocycles. The Morgan fingerprint density at radius 2 is 1.59 bits per heavy atom. The Kier molecular flexibility index (Phi) is 7.46. The van der Waals surface area contributed by atoms with Crippen molar-refractivity contribution in [3.8, 4) is 0 Å². The molecule has 13 heteroatoms. The smallest absolute Gasteiger partial charge is 0.319 e. The third-order valence-electron chi connectivity index (χ3n) is 4.45. The molecule has 0 unspecified atom stereocenters. The van der Waals surface area contributed by atoms with E-state index in [4.69, 9.17) is 24.7 Å². The van der Waals surface area contributed by atoms with Gasteiger partial charge in [-0.25, -0.2) is 0 Å². The molecule has 0 aromatic carbocycles. The Balaban J connectivity index is 2.24. The van der Waals surface area contributed by atoms with Gasteiger partial charge < -0.3 is 60.4 Å². The Labute approximate surface area is 153 Å². The van der Waals surface area contributed by atoms with Gasteiger partial charge in [-0.2, -0.15) is 0 Å². The zero-order valence-electron chi connectivity index (χ0n) is 14.2. The van der Waals surface area contributed by atoms with Crippen molar-refractivity contribution >= 4 is 5.97 Å². The van der Waals surface area contributed by atoms with Crippen molar-refractivity contribution in [2.75, 3.05) is 26.4 Å². The minimum absolute atomic E-state index is 0.502. The lowest BCUT2D eigenvalue weighted by molar-refractivity contribution is -0.383. The maximum absolute atomic E-state index is 11.4. The molecule has 2 saturated heterocycles. The highest BCUT2D eigenvalue weighted by Gasteiger charge is 2.59. The van der Waals surface area contributed by atoms with E-state index in [9.17, 15) is 40.5 Å². The number of nitrogens with two attached hydrogens (primary N) is 1. The molecule has 0 amide bonds. The van der Waals surface area contributed by atoms with Crippen molar-refractivity contribution in [3.63, 3.8) is 0 Å². The van der Waals surface area contributed by atoms with Crippen LogP contribution in [-0.2, 0) is 23.7 Å². The normalized spacial score (nSPS) is 45.0. The Morgan fingerprint density at radius 3 is 2.11 bits per heavy atom. The number of esters is 1. The van der Waals surface area contributed by atoms with Crippen molar-refractivity contribution in [2.24, 2.45) is 5.73 Å². The molecule has 0 saturated carbocycles. The minimum Gasteiger partial charge on any atom is -0.459 e. The third-order valence-corrected chi connectivity index (χ3v) is 4.45. The molecule has 2 aliphatic heterocycles. The van der Waals surface area contributed by atoms with Crippen LogP contribution in [0.1, 0.15) is 0 Å². The van der Waals surface area contributed by atoms with Crippen molar-refractivity contribution in [2.45, 2.75) is 54.8 Å². The maximum atomic E-state index is 11.4. The molecule has 9 atom stereocenters. The fourth-order valence-electron chi connectivity index (χ4n) is 2.86. The van der Waals surface area contributed by atoms with Crippen LogP contribution in [0.15, 0.2) is 0 Å². The first kappa shape index (κ1) is 22.3. The number of carbonyl (C=O) groups excluding carboxylic acids is 1. The number of ether oxygens (including phenoxy) is 4. The first-order chi connectivity index (χ1) is 12.7. The predicted molar refractivity (Wildman–Crippen MR) is 81.6 cm³/mol. The average molecular weight is 399 g/mol. The summed E-state index contributed by atoms with van der Waals surface area (Å²) in [6, 6.07) is 0. The maximum Gasteiger partial charge on any atom is 0.319 e. The number of hydrogen-bond acceptors (Lipinski definition) is 13. The lowest BCUT2D eigenvalue weighted by Crippen LogP contribution is -2.63. The molecule has 2 rings (SSSR count). The van der Waals surface area contributed by atoms with Crippen molar-refractivity contribution in [1.82, 2.24) is 0 Å². The SMILES string of the molecule is NCC(=O)OC[C@@]1(O[C@H]2O[C@H](CO)[C@@H](O)[C@H](O)[C@H]2O)O[C@H](CO)[C@@H](O)[C@@H]1O. The molecule has 27 heavy (non-hydrogen) atoms.